The number of piperidine rings is 1. The van der Waals surface area contributed by atoms with Gasteiger partial charge in [-0.25, -0.2) is 0 Å². The second-order valence-electron chi connectivity index (χ2n) is 6.61. The molecule has 3 rings (SSSR count). The van der Waals surface area contributed by atoms with Crippen molar-refractivity contribution in [3.63, 3.8) is 0 Å². The number of ether oxygens (including phenoxy) is 1. The van der Waals surface area contributed by atoms with Crippen LogP contribution in [0, 0.1) is 11.8 Å². The molecule has 1 aliphatic rings. The van der Waals surface area contributed by atoms with Crippen LogP contribution in [0.3, 0.4) is 0 Å². The lowest BCUT2D eigenvalue weighted by Crippen LogP contribution is -2.43. The summed E-state index contributed by atoms with van der Waals surface area (Å²) in [6, 6.07) is 7.47. The maximum Gasteiger partial charge on any atom is 0.277 e. The van der Waals surface area contributed by atoms with Crippen molar-refractivity contribution in [1.29, 1.82) is 0 Å². The molecule has 7 heteroatoms. The first-order valence-corrected chi connectivity index (χ1v) is 9.43. The fraction of sp³-hybridized carbons (Fsp3) is 0.500. The van der Waals surface area contributed by atoms with Gasteiger partial charge in [-0.1, -0.05) is 37.7 Å². The molecule has 0 aliphatic carbocycles. The first-order chi connectivity index (χ1) is 12.1. The van der Waals surface area contributed by atoms with Crippen LogP contribution in [-0.4, -0.2) is 47.0 Å². The Morgan fingerprint density at radius 3 is 2.72 bits per heavy atom. The van der Waals surface area contributed by atoms with Gasteiger partial charge in [-0.3, -0.25) is 4.79 Å². The highest BCUT2D eigenvalue weighted by Crippen LogP contribution is 2.30. The van der Waals surface area contributed by atoms with E-state index in [4.69, 9.17) is 9.15 Å². The summed E-state index contributed by atoms with van der Waals surface area (Å²) in [5, 5.41) is 8.50. The summed E-state index contributed by atoms with van der Waals surface area (Å²) in [5.74, 6) is 2.62. The van der Waals surface area contributed by atoms with Gasteiger partial charge in [0, 0.05) is 13.1 Å². The average molecular weight is 361 g/mol. The molecule has 0 saturated carbocycles. The zero-order chi connectivity index (χ0) is 17.8. The van der Waals surface area contributed by atoms with Crippen molar-refractivity contribution >= 4 is 17.7 Å². The molecule has 0 radical (unpaired) electrons. The molecule has 1 saturated heterocycles. The number of nitrogens with zero attached hydrogens (tertiary/aromatic N) is 3. The third-order valence-corrected chi connectivity index (χ3v) is 5.09. The number of benzene rings is 1. The zero-order valence-electron chi connectivity index (χ0n) is 14.8. The van der Waals surface area contributed by atoms with Crippen LogP contribution >= 0.6 is 11.8 Å². The Balaban J connectivity index is 1.61. The Labute approximate surface area is 151 Å². The van der Waals surface area contributed by atoms with Crippen molar-refractivity contribution < 1.29 is 13.9 Å². The van der Waals surface area contributed by atoms with Gasteiger partial charge in [0.25, 0.3) is 11.1 Å². The minimum atomic E-state index is 0.125. The van der Waals surface area contributed by atoms with E-state index in [1.807, 2.05) is 29.2 Å². The van der Waals surface area contributed by atoms with Crippen molar-refractivity contribution in [1.82, 2.24) is 15.1 Å². The molecule has 1 fully saturated rings. The molecular formula is C18H23N3O3S. The van der Waals surface area contributed by atoms with E-state index in [0.717, 1.165) is 18.7 Å². The van der Waals surface area contributed by atoms with E-state index in [1.165, 1.54) is 18.2 Å². The van der Waals surface area contributed by atoms with Crippen LogP contribution in [0.15, 0.2) is 33.9 Å². The summed E-state index contributed by atoms with van der Waals surface area (Å²) >= 11 is 1.28. The minimum Gasteiger partial charge on any atom is -0.496 e. The van der Waals surface area contributed by atoms with Crippen LogP contribution in [0.5, 0.6) is 5.75 Å². The van der Waals surface area contributed by atoms with Gasteiger partial charge < -0.3 is 14.1 Å². The first kappa shape index (κ1) is 17.8. The molecule has 1 aromatic heterocycles. The molecule has 2 atom stereocenters. The molecule has 6 nitrogen and oxygen atoms in total. The number of rotatable bonds is 5. The monoisotopic (exact) mass is 361 g/mol. The van der Waals surface area contributed by atoms with Crippen LogP contribution in [0.2, 0.25) is 0 Å². The first-order valence-electron chi connectivity index (χ1n) is 8.44. The van der Waals surface area contributed by atoms with Crippen molar-refractivity contribution in [2.75, 3.05) is 26.0 Å². The van der Waals surface area contributed by atoms with Gasteiger partial charge in [-0.2, -0.15) is 0 Å². The van der Waals surface area contributed by atoms with E-state index in [2.05, 4.69) is 24.0 Å². The molecule has 0 bridgehead atoms. The number of hydrogen-bond acceptors (Lipinski definition) is 6. The van der Waals surface area contributed by atoms with E-state index < -0.39 is 0 Å². The standard InChI is InChI=1S/C18H23N3O3S/c1-12-8-13(2)10-21(9-12)16(22)11-25-18-20-19-17(24-18)14-6-4-5-7-15(14)23-3/h4-7,12-13H,8-11H2,1-3H3/t12-,13+. The maximum atomic E-state index is 12.4. The van der Waals surface area contributed by atoms with Gasteiger partial charge in [0.1, 0.15) is 5.75 Å². The number of carbonyl (C=O) groups is 1. The third-order valence-electron chi connectivity index (χ3n) is 4.28. The number of aromatic nitrogens is 2. The molecule has 0 unspecified atom stereocenters. The van der Waals surface area contributed by atoms with Crippen molar-refractivity contribution in [2.45, 2.75) is 25.5 Å². The van der Waals surface area contributed by atoms with Crippen molar-refractivity contribution in [2.24, 2.45) is 11.8 Å². The highest BCUT2D eigenvalue weighted by Gasteiger charge is 2.25. The predicted molar refractivity (Wildman–Crippen MR) is 96.5 cm³/mol. The molecule has 1 aromatic carbocycles. The lowest BCUT2D eigenvalue weighted by molar-refractivity contribution is -0.130. The highest BCUT2D eigenvalue weighted by molar-refractivity contribution is 7.99. The number of para-hydroxylation sites is 1. The Hall–Kier alpha value is -2.02. The molecule has 2 heterocycles. The van der Waals surface area contributed by atoms with Crippen molar-refractivity contribution in [3.8, 4) is 17.2 Å². The van der Waals surface area contributed by atoms with Crippen LogP contribution in [0.25, 0.3) is 11.5 Å². The smallest absolute Gasteiger partial charge is 0.277 e. The fourth-order valence-corrected chi connectivity index (χ4v) is 3.95. The number of carbonyl (C=O) groups excluding carboxylic acids is 1. The molecular weight excluding hydrogens is 338 g/mol. The van der Waals surface area contributed by atoms with E-state index in [9.17, 15) is 4.79 Å². The quantitative estimate of drug-likeness (QED) is 0.761. The van der Waals surface area contributed by atoms with E-state index in [0.29, 0.717) is 34.5 Å². The van der Waals surface area contributed by atoms with Crippen molar-refractivity contribution in [3.05, 3.63) is 24.3 Å². The fourth-order valence-electron chi connectivity index (χ4n) is 3.28. The zero-order valence-corrected chi connectivity index (χ0v) is 15.6. The lowest BCUT2D eigenvalue weighted by Gasteiger charge is -2.34. The highest BCUT2D eigenvalue weighted by atomic mass is 32.2. The van der Waals surface area contributed by atoms with Crippen LogP contribution in [0.1, 0.15) is 20.3 Å². The summed E-state index contributed by atoms with van der Waals surface area (Å²) in [6.45, 7) is 6.06. The normalized spacial score (nSPS) is 20.5. The second-order valence-corrected chi connectivity index (χ2v) is 7.53. The summed E-state index contributed by atoms with van der Waals surface area (Å²) in [6.07, 6.45) is 1.18. The molecule has 1 aliphatic heterocycles. The predicted octanol–water partition coefficient (Wildman–Crippen LogP) is 3.34. The summed E-state index contributed by atoms with van der Waals surface area (Å²) in [4.78, 5) is 14.4. The number of thioether (sulfide) groups is 1. The van der Waals surface area contributed by atoms with Gasteiger partial charge in [0.15, 0.2) is 0 Å². The van der Waals surface area contributed by atoms with E-state index >= 15 is 0 Å². The largest absolute Gasteiger partial charge is 0.496 e. The number of hydrogen-bond donors (Lipinski definition) is 0. The van der Waals surface area contributed by atoms with Crippen LogP contribution < -0.4 is 4.74 Å². The molecule has 1 amide bonds. The average Bonchev–Trinajstić information content (AvgIpc) is 3.07. The summed E-state index contributed by atoms with van der Waals surface area (Å²) < 4.78 is 11.0. The van der Waals surface area contributed by atoms with Gasteiger partial charge in [0.05, 0.1) is 18.4 Å². The third kappa shape index (κ3) is 4.34. The van der Waals surface area contributed by atoms with Gasteiger partial charge in [0.2, 0.25) is 5.91 Å². The lowest BCUT2D eigenvalue weighted by atomic mass is 9.92. The minimum absolute atomic E-state index is 0.125. The Morgan fingerprint density at radius 1 is 1.28 bits per heavy atom. The second kappa shape index (κ2) is 7.91. The Morgan fingerprint density at radius 2 is 2.00 bits per heavy atom. The summed E-state index contributed by atoms with van der Waals surface area (Å²) in [5.41, 5.74) is 0.745. The van der Waals surface area contributed by atoms with Crippen LogP contribution in [0.4, 0.5) is 0 Å². The number of methoxy groups -OCH3 is 1. The van der Waals surface area contributed by atoms with Gasteiger partial charge in [-0.05, 0) is 30.4 Å². The number of amides is 1. The molecule has 0 spiro atoms. The van der Waals surface area contributed by atoms with E-state index in [1.54, 1.807) is 7.11 Å². The van der Waals surface area contributed by atoms with Gasteiger partial charge >= 0.3 is 0 Å². The Bertz CT molecular complexity index is 724. The summed E-state index contributed by atoms with van der Waals surface area (Å²) in [7, 11) is 1.60. The van der Waals surface area contributed by atoms with Crippen LogP contribution in [-0.2, 0) is 4.79 Å². The molecule has 2 aromatic rings. The SMILES string of the molecule is COc1ccccc1-c1nnc(SCC(=O)N2C[C@H](C)C[C@H](C)C2)o1. The molecule has 0 N–H and O–H groups in total. The van der Waals surface area contributed by atoms with E-state index in [-0.39, 0.29) is 5.91 Å². The molecule has 134 valence electrons. The number of likely N-dealkylation sites (tertiary alicyclic amines) is 1. The molecule has 25 heavy (non-hydrogen) atoms. The topological polar surface area (TPSA) is 68.5 Å². The maximum absolute atomic E-state index is 12.4. The Kier molecular flexibility index (Phi) is 5.63. The van der Waals surface area contributed by atoms with Gasteiger partial charge in [-0.15, -0.1) is 10.2 Å².